The van der Waals surface area contributed by atoms with Crippen molar-refractivity contribution in [1.82, 2.24) is 24.4 Å². The van der Waals surface area contributed by atoms with E-state index in [2.05, 4.69) is 45.2 Å². The molecule has 0 aliphatic carbocycles. The number of aromatic nitrogens is 4. The van der Waals surface area contributed by atoms with E-state index in [1.165, 1.54) is 51.5 Å². The number of fused-ring (bicyclic) bond motifs is 1. The van der Waals surface area contributed by atoms with E-state index in [9.17, 15) is 0 Å². The van der Waals surface area contributed by atoms with Crippen molar-refractivity contribution in [2.24, 2.45) is 0 Å². The van der Waals surface area contributed by atoms with E-state index < -0.39 is 0 Å². The van der Waals surface area contributed by atoms with Crippen LogP contribution >= 0.6 is 23.4 Å². The topological polar surface area (TPSA) is 56.1 Å². The standard InChI is InChI=1S/C23H38ClN5OS.C2H6/c1-18(2)31-22-20-21(26-23(24)27-22)25-19(3)29(20)13-11-9-7-5-4-6-8-10-12-28-14-16-30-17-15-28;1-2/h18H,4-17H2,1-3H3;1-2H3. The smallest absolute Gasteiger partial charge is 0.225 e. The van der Waals surface area contributed by atoms with Crippen LogP contribution in [0.2, 0.25) is 5.28 Å². The molecule has 0 unspecified atom stereocenters. The second-order valence-corrected chi connectivity index (χ2v) is 10.6. The predicted octanol–water partition coefficient (Wildman–Crippen LogP) is 6.77. The summed E-state index contributed by atoms with van der Waals surface area (Å²) in [7, 11) is 0. The Bertz CT molecular complexity index is 808. The lowest BCUT2D eigenvalue weighted by atomic mass is 10.1. The highest BCUT2D eigenvalue weighted by Gasteiger charge is 2.17. The molecule has 1 fully saturated rings. The Morgan fingerprint density at radius 3 is 2.06 bits per heavy atom. The van der Waals surface area contributed by atoms with Gasteiger partial charge in [-0.2, -0.15) is 4.98 Å². The third-order valence-electron chi connectivity index (χ3n) is 5.79. The summed E-state index contributed by atoms with van der Waals surface area (Å²) in [4.78, 5) is 16.0. The first-order valence-electron chi connectivity index (χ1n) is 12.9. The molecule has 0 N–H and O–H groups in total. The number of rotatable bonds is 13. The van der Waals surface area contributed by atoms with Crippen LogP contribution < -0.4 is 0 Å². The summed E-state index contributed by atoms with van der Waals surface area (Å²) in [6, 6.07) is 0. The lowest BCUT2D eigenvalue weighted by Gasteiger charge is -2.26. The fraction of sp³-hybridized carbons (Fsp3) is 0.800. The highest BCUT2D eigenvalue weighted by molar-refractivity contribution is 8.00. The summed E-state index contributed by atoms with van der Waals surface area (Å²) in [6.45, 7) is 16.7. The SMILES string of the molecule is CC.Cc1nc2nc(Cl)nc(SC(C)C)c2n1CCCCCCCCCCN1CCOCC1. The van der Waals surface area contributed by atoms with E-state index in [0.29, 0.717) is 5.25 Å². The minimum absolute atomic E-state index is 0.283. The van der Waals surface area contributed by atoms with Crippen molar-refractivity contribution in [3.8, 4) is 0 Å². The molecule has 1 aliphatic heterocycles. The molecule has 0 spiro atoms. The third kappa shape index (κ3) is 9.71. The summed E-state index contributed by atoms with van der Waals surface area (Å²) < 4.78 is 7.69. The summed E-state index contributed by atoms with van der Waals surface area (Å²) in [6.07, 6.45) is 10.5. The van der Waals surface area contributed by atoms with Crippen LogP contribution in [0.3, 0.4) is 0 Å². The normalized spacial score (nSPS) is 14.6. The van der Waals surface area contributed by atoms with Crippen LogP contribution in [0.4, 0.5) is 0 Å². The molecule has 0 saturated carbocycles. The quantitative estimate of drug-likeness (QED) is 0.132. The number of hydrogen-bond acceptors (Lipinski definition) is 6. The average Bonchev–Trinajstić information content (AvgIpc) is 3.11. The van der Waals surface area contributed by atoms with Crippen LogP contribution in [-0.4, -0.2) is 62.5 Å². The second-order valence-electron chi connectivity index (χ2n) is 8.73. The first-order valence-corrected chi connectivity index (χ1v) is 14.2. The third-order valence-corrected chi connectivity index (χ3v) is 6.94. The molecule has 0 atom stereocenters. The van der Waals surface area contributed by atoms with E-state index >= 15 is 0 Å². The molecule has 0 amide bonds. The van der Waals surface area contributed by atoms with Crippen molar-refractivity contribution in [1.29, 1.82) is 0 Å². The second kappa shape index (κ2) is 15.9. The number of unbranched alkanes of at least 4 members (excludes halogenated alkanes) is 7. The van der Waals surface area contributed by atoms with Crippen LogP contribution in [-0.2, 0) is 11.3 Å². The zero-order valence-electron chi connectivity index (χ0n) is 21.4. The summed E-state index contributed by atoms with van der Waals surface area (Å²) in [5.74, 6) is 0.998. The van der Waals surface area contributed by atoms with E-state index in [-0.39, 0.29) is 5.28 Å². The maximum Gasteiger partial charge on any atom is 0.225 e. The molecule has 1 saturated heterocycles. The average molecular weight is 498 g/mol. The number of nitrogens with zero attached hydrogens (tertiary/aromatic N) is 5. The van der Waals surface area contributed by atoms with Crippen LogP contribution in [0, 0.1) is 6.92 Å². The Morgan fingerprint density at radius 2 is 1.45 bits per heavy atom. The van der Waals surface area contributed by atoms with Gasteiger partial charge in [0.05, 0.1) is 13.2 Å². The molecule has 0 aromatic carbocycles. The Hall–Kier alpha value is -0.890. The lowest BCUT2D eigenvalue weighted by molar-refractivity contribution is 0.0371. The van der Waals surface area contributed by atoms with Gasteiger partial charge in [0.15, 0.2) is 5.65 Å². The summed E-state index contributed by atoms with van der Waals surface area (Å²) >= 11 is 7.85. The van der Waals surface area contributed by atoms with Gasteiger partial charge >= 0.3 is 0 Å². The predicted molar refractivity (Wildman–Crippen MR) is 142 cm³/mol. The zero-order valence-corrected chi connectivity index (χ0v) is 23.0. The van der Waals surface area contributed by atoms with Crippen molar-refractivity contribution in [2.45, 2.75) is 103 Å². The Kier molecular flexibility index (Phi) is 13.7. The maximum absolute atomic E-state index is 6.12. The first-order chi connectivity index (χ1) is 16.0. The van der Waals surface area contributed by atoms with Gasteiger partial charge in [-0.3, -0.25) is 4.90 Å². The molecule has 3 rings (SSSR count). The zero-order chi connectivity index (χ0) is 24.1. The van der Waals surface area contributed by atoms with Crippen molar-refractivity contribution >= 4 is 34.5 Å². The highest BCUT2D eigenvalue weighted by Crippen LogP contribution is 2.30. The number of aryl methyl sites for hydroxylation is 2. The van der Waals surface area contributed by atoms with Gasteiger partial charge < -0.3 is 9.30 Å². The van der Waals surface area contributed by atoms with Crippen LogP contribution in [0.5, 0.6) is 0 Å². The van der Waals surface area contributed by atoms with Gasteiger partial charge in [0.1, 0.15) is 16.4 Å². The molecular formula is C25H44ClN5OS. The van der Waals surface area contributed by atoms with Gasteiger partial charge in [-0.05, 0) is 37.9 Å². The van der Waals surface area contributed by atoms with Gasteiger partial charge in [-0.1, -0.05) is 66.2 Å². The van der Waals surface area contributed by atoms with E-state index in [4.69, 9.17) is 16.3 Å². The molecule has 0 bridgehead atoms. The van der Waals surface area contributed by atoms with Crippen LogP contribution in [0.25, 0.3) is 11.2 Å². The van der Waals surface area contributed by atoms with Crippen molar-refractivity contribution < 1.29 is 4.74 Å². The van der Waals surface area contributed by atoms with Crippen LogP contribution in [0.1, 0.15) is 84.9 Å². The molecule has 33 heavy (non-hydrogen) atoms. The monoisotopic (exact) mass is 497 g/mol. The Balaban J connectivity index is 0.00000187. The molecule has 6 nitrogen and oxygen atoms in total. The fourth-order valence-electron chi connectivity index (χ4n) is 4.16. The van der Waals surface area contributed by atoms with Gasteiger partial charge in [0, 0.05) is 24.9 Å². The number of imidazole rings is 1. The van der Waals surface area contributed by atoms with E-state index in [0.717, 1.165) is 61.3 Å². The van der Waals surface area contributed by atoms with Gasteiger partial charge in [0.2, 0.25) is 5.28 Å². The number of hydrogen-bond donors (Lipinski definition) is 0. The Labute approximate surface area is 210 Å². The van der Waals surface area contributed by atoms with Gasteiger partial charge in [-0.15, -0.1) is 11.8 Å². The largest absolute Gasteiger partial charge is 0.379 e. The number of morpholine rings is 1. The number of halogens is 1. The van der Waals surface area contributed by atoms with E-state index in [1.807, 2.05) is 13.8 Å². The minimum atomic E-state index is 0.283. The maximum atomic E-state index is 6.12. The minimum Gasteiger partial charge on any atom is -0.379 e. The molecule has 2 aromatic rings. The van der Waals surface area contributed by atoms with Gasteiger partial charge in [-0.25, -0.2) is 9.97 Å². The molecule has 8 heteroatoms. The summed E-state index contributed by atoms with van der Waals surface area (Å²) in [5.41, 5.74) is 1.76. The van der Waals surface area contributed by atoms with Crippen molar-refractivity contribution in [3.63, 3.8) is 0 Å². The van der Waals surface area contributed by atoms with Crippen molar-refractivity contribution in [2.75, 3.05) is 32.8 Å². The van der Waals surface area contributed by atoms with Crippen LogP contribution in [0.15, 0.2) is 5.03 Å². The molecular weight excluding hydrogens is 454 g/mol. The molecule has 1 aliphatic rings. The fourth-order valence-corrected chi connectivity index (χ4v) is 5.27. The Morgan fingerprint density at radius 1 is 0.879 bits per heavy atom. The first kappa shape index (κ1) is 28.3. The number of thioether (sulfide) groups is 1. The summed E-state index contributed by atoms with van der Waals surface area (Å²) in [5, 5.41) is 1.67. The molecule has 3 heterocycles. The van der Waals surface area contributed by atoms with Crippen molar-refractivity contribution in [3.05, 3.63) is 11.1 Å². The number of ether oxygens (including phenoxy) is 1. The molecule has 2 aromatic heterocycles. The highest BCUT2D eigenvalue weighted by atomic mass is 35.5. The lowest BCUT2D eigenvalue weighted by Crippen LogP contribution is -2.36. The van der Waals surface area contributed by atoms with E-state index in [1.54, 1.807) is 11.8 Å². The molecule has 188 valence electrons. The van der Waals surface area contributed by atoms with Gasteiger partial charge in [0.25, 0.3) is 0 Å². The molecule has 0 radical (unpaired) electrons.